The SMILES string of the molecule is Cc1cc([N+](=O)[O-])cc(S(=O)(=O)NCC(O)C(N)=O)c1C. The molecule has 21 heavy (non-hydrogen) atoms. The lowest BCUT2D eigenvalue weighted by Crippen LogP contribution is -2.40. The molecule has 116 valence electrons. The molecule has 0 aliphatic heterocycles. The molecule has 1 amide bonds. The van der Waals surface area contributed by atoms with E-state index in [2.05, 4.69) is 0 Å². The van der Waals surface area contributed by atoms with E-state index in [1.165, 1.54) is 13.0 Å². The Bertz CT molecular complexity index is 685. The summed E-state index contributed by atoms with van der Waals surface area (Å²) in [5.74, 6) is -1.08. The molecule has 10 heteroatoms. The standard InChI is InChI=1S/C11H15N3O6S/c1-6-3-8(14(17)18)4-10(7(6)2)21(19,20)13-5-9(15)11(12)16/h3-4,9,13,15H,5H2,1-2H3,(H2,12,16). The highest BCUT2D eigenvalue weighted by atomic mass is 32.2. The predicted octanol–water partition coefficient (Wildman–Crippen LogP) is -0.664. The molecule has 0 fully saturated rings. The number of benzene rings is 1. The zero-order valence-corrected chi connectivity index (χ0v) is 12.2. The maximum absolute atomic E-state index is 12.1. The van der Waals surface area contributed by atoms with Crippen LogP contribution in [-0.4, -0.2) is 37.0 Å². The van der Waals surface area contributed by atoms with E-state index in [1.54, 1.807) is 6.92 Å². The molecule has 0 radical (unpaired) electrons. The Kier molecular flexibility index (Phi) is 4.99. The van der Waals surface area contributed by atoms with Crippen LogP contribution in [-0.2, 0) is 14.8 Å². The van der Waals surface area contributed by atoms with Gasteiger partial charge in [0, 0.05) is 18.7 Å². The lowest BCUT2D eigenvalue weighted by Gasteiger charge is -2.12. The highest BCUT2D eigenvalue weighted by molar-refractivity contribution is 7.89. The molecule has 0 saturated heterocycles. The van der Waals surface area contributed by atoms with Gasteiger partial charge < -0.3 is 10.8 Å². The van der Waals surface area contributed by atoms with Gasteiger partial charge in [0.1, 0.15) is 6.10 Å². The summed E-state index contributed by atoms with van der Waals surface area (Å²) < 4.78 is 26.2. The second-order valence-corrected chi connectivity index (χ2v) is 6.15. The lowest BCUT2D eigenvalue weighted by molar-refractivity contribution is -0.385. The van der Waals surface area contributed by atoms with Crippen LogP contribution in [0.5, 0.6) is 0 Å². The molecule has 4 N–H and O–H groups in total. The highest BCUT2D eigenvalue weighted by Crippen LogP contribution is 2.25. The van der Waals surface area contributed by atoms with Crippen LogP contribution in [0.3, 0.4) is 0 Å². The summed E-state index contributed by atoms with van der Waals surface area (Å²) >= 11 is 0. The Morgan fingerprint density at radius 1 is 1.48 bits per heavy atom. The van der Waals surface area contributed by atoms with E-state index in [0.29, 0.717) is 11.1 Å². The second-order valence-electron chi connectivity index (χ2n) is 4.41. The number of sulfonamides is 1. The largest absolute Gasteiger partial charge is 0.382 e. The Balaban J connectivity index is 3.19. The smallest absolute Gasteiger partial charge is 0.271 e. The van der Waals surface area contributed by atoms with Gasteiger partial charge in [-0.3, -0.25) is 14.9 Å². The number of amides is 1. The minimum Gasteiger partial charge on any atom is -0.382 e. The molecule has 1 atom stereocenters. The van der Waals surface area contributed by atoms with Gasteiger partial charge >= 0.3 is 0 Å². The van der Waals surface area contributed by atoms with Crippen molar-refractivity contribution in [2.45, 2.75) is 24.8 Å². The molecular formula is C11H15N3O6S. The van der Waals surface area contributed by atoms with Crippen molar-refractivity contribution in [2.75, 3.05) is 6.54 Å². The minimum absolute atomic E-state index is 0.286. The number of primary amides is 1. The fourth-order valence-electron chi connectivity index (χ4n) is 1.56. The predicted molar refractivity (Wildman–Crippen MR) is 73.0 cm³/mol. The van der Waals surface area contributed by atoms with Gasteiger partial charge in [-0.25, -0.2) is 13.1 Å². The number of nitro benzene ring substituents is 1. The van der Waals surface area contributed by atoms with Gasteiger partial charge in [0.25, 0.3) is 5.69 Å². The van der Waals surface area contributed by atoms with Gasteiger partial charge in [0.05, 0.1) is 9.82 Å². The molecule has 1 aromatic rings. The van der Waals surface area contributed by atoms with Crippen LogP contribution in [0.4, 0.5) is 5.69 Å². The van der Waals surface area contributed by atoms with E-state index in [-0.39, 0.29) is 10.6 Å². The average Bonchev–Trinajstić information content (AvgIpc) is 2.38. The maximum atomic E-state index is 12.1. The van der Waals surface area contributed by atoms with Crippen molar-refractivity contribution in [1.29, 1.82) is 0 Å². The fourth-order valence-corrected chi connectivity index (χ4v) is 2.93. The third-order valence-electron chi connectivity index (χ3n) is 2.90. The molecule has 0 saturated carbocycles. The summed E-state index contributed by atoms with van der Waals surface area (Å²) in [5.41, 5.74) is 5.21. The average molecular weight is 317 g/mol. The van der Waals surface area contributed by atoms with E-state index < -0.39 is 33.5 Å². The van der Waals surface area contributed by atoms with E-state index in [4.69, 9.17) is 5.73 Å². The van der Waals surface area contributed by atoms with E-state index in [0.717, 1.165) is 6.07 Å². The second kappa shape index (κ2) is 6.16. The molecule has 0 bridgehead atoms. The van der Waals surface area contributed by atoms with Crippen molar-refractivity contribution in [3.05, 3.63) is 33.4 Å². The Labute approximate surface area is 121 Å². The zero-order chi connectivity index (χ0) is 16.4. The van der Waals surface area contributed by atoms with Gasteiger partial charge in [0.2, 0.25) is 15.9 Å². The number of aliphatic hydroxyl groups excluding tert-OH is 1. The molecule has 1 aromatic carbocycles. The molecule has 0 aromatic heterocycles. The monoisotopic (exact) mass is 317 g/mol. The van der Waals surface area contributed by atoms with E-state index in [1.807, 2.05) is 4.72 Å². The normalized spacial score (nSPS) is 12.9. The number of nitrogens with zero attached hydrogens (tertiary/aromatic N) is 1. The first-order valence-electron chi connectivity index (χ1n) is 5.79. The van der Waals surface area contributed by atoms with Crippen LogP contribution < -0.4 is 10.5 Å². The highest BCUT2D eigenvalue weighted by Gasteiger charge is 2.23. The lowest BCUT2D eigenvalue weighted by atomic mass is 10.1. The molecule has 0 heterocycles. The van der Waals surface area contributed by atoms with Crippen molar-refractivity contribution >= 4 is 21.6 Å². The van der Waals surface area contributed by atoms with Crippen LogP contribution in [0.1, 0.15) is 11.1 Å². The molecular weight excluding hydrogens is 302 g/mol. The first-order valence-corrected chi connectivity index (χ1v) is 7.27. The third kappa shape index (κ3) is 3.97. The Morgan fingerprint density at radius 2 is 2.05 bits per heavy atom. The summed E-state index contributed by atoms with van der Waals surface area (Å²) in [4.78, 5) is 20.5. The van der Waals surface area contributed by atoms with Gasteiger partial charge in [-0.15, -0.1) is 0 Å². The number of carbonyl (C=O) groups is 1. The number of nitrogens with one attached hydrogen (secondary N) is 1. The van der Waals surface area contributed by atoms with Crippen LogP contribution in [0.25, 0.3) is 0 Å². The summed E-state index contributed by atoms with van der Waals surface area (Å²) in [6.07, 6.45) is -1.68. The van der Waals surface area contributed by atoms with Crippen LogP contribution in [0.2, 0.25) is 0 Å². The van der Waals surface area contributed by atoms with Crippen molar-refractivity contribution in [2.24, 2.45) is 5.73 Å². The van der Waals surface area contributed by atoms with E-state index >= 15 is 0 Å². The molecule has 1 rings (SSSR count). The van der Waals surface area contributed by atoms with Gasteiger partial charge in [0.15, 0.2) is 0 Å². The van der Waals surface area contributed by atoms with Crippen molar-refractivity contribution < 1.29 is 23.2 Å². The number of aliphatic hydroxyl groups is 1. The third-order valence-corrected chi connectivity index (χ3v) is 4.45. The number of rotatable bonds is 6. The number of hydrogen-bond acceptors (Lipinski definition) is 6. The van der Waals surface area contributed by atoms with Crippen molar-refractivity contribution in [3.63, 3.8) is 0 Å². The molecule has 1 unspecified atom stereocenters. The van der Waals surface area contributed by atoms with Crippen LogP contribution in [0.15, 0.2) is 17.0 Å². The number of aryl methyl sites for hydroxylation is 1. The van der Waals surface area contributed by atoms with Gasteiger partial charge in [-0.05, 0) is 25.0 Å². The number of nitrogens with two attached hydrogens (primary N) is 1. The molecule has 0 spiro atoms. The van der Waals surface area contributed by atoms with Gasteiger partial charge in [-0.1, -0.05) is 0 Å². The fraction of sp³-hybridized carbons (Fsp3) is 0.364. The Morgan fingerprint density at radius 3 is 2.52 bits per heavy atom. The summed E-state index contributed by atoms with van der Waals surface area (Å²) in [6.45, 7) is 2.43. The molecule has 9 nitrogen and oxygen atoms in total. The molecule has 0 aliphatic carbocycles. The summed E-state index contributed by atoms with van der Waals surface area (Å²) in [6, 6.07) is 2.17. The van der Waals surface area contributed by atoms with Crippen LogP contribution >= 0.6 is 0 Å². The van der Waals surface area contributed by atoms with Crippen molar-refractivity contribution in [1.82, 2.24) is 4.72 Å². The molecule has 0 aliphatic rings. The minimum atomic E-state index is -4.12. The van der Waals surface area contributed by atoms with Crippen molar-refractivity contribution in [3.8, 4) is 0 Å². The quantitative estimate of drug-likeness (QED) is 0.467. The maximum Gasteiger partial charge on any atom is 0.271 e. The first-order chi connectivity index (χ1) is 9.56. The van der Waals surface area contributed by atoms with Gasteiger partial charge in [-0.2, -0.15) is 0 Å². The number of nitro groups is 1. The van der Waals surface area contributed by atoms with Crippen LogP contribution in [0, 0.1) is 24.0 Å². The topological polar surface area (TPSA) is 153 Å². The Hall–Kier alpha value is -2.04. The first kappa shape index (κ1) is 17.0. The summed E-state index contributed by atoms with van der Waals surface area (Å²) in [7, 11) is -4.12. The number of hydrogen-bond donors (Lipinski definition) is 3. The van der Waals surface area contributed by atoms with E-state index in [9.17, 15) is 28.4 Å². The number of non-ortho nitro benzene ring substituents is 1. The summed E-state index contributed by atoms with van der Waals surface area (Å²) in [5, 5.41) is 20.0. The number of carbonyl (C=O) groups excluding carboxylic acids is 1. The zero-order valence-electron chi connectivity index (χ0n) is 11.4.